The Labute approximate surface area is 209 Å². The second kappa shape index (κ2) is 8.96. The number of pyridine rings is 2. The summed E-state index contributed by atoms with van der Waals surface area (Å²) in [6, 6.07) is 24.8. The molecule has 2 aliphatic carbocycles. The number of hydrogen-bond donors (Lipinski definition) is 0. The van der Waals surface area contributed by atoms with Crippen LogP contribution in [0.3, 0.4) is 0 Å². The van der Waals surface area contributed by atoms with E-state index in [1.54, 1.807) is 6.20 Å². The van der Waals surface area contributed by atoms with Crippen molar-refractivity contribution in [2.45, 2.75) is 0 Å². The SMILES string of the molecule is C=Cc1ccc2cccc-2n1/C=C/c1ccc2c(/C=C/n3c(C=C)ccc4cccc3-4)nnc-2cn1. The lowest BCUT2D eigenvalue weighted by Gasteiger charge is -2.12. The van der Waals surface area contributed by atoms with Crippen molar-refractivity contribution in [2.24, 2.45) is 0 Å². The first-order chi connectivity index (χ1) is 17.7. The van der Waals surface area contributed by atoms with E-state index in [-0.39, 0.29) is 0 Å². The molecular formula is C31H23N5. The monoisotopic (exact) mass is 465 g/mol. The van der Waals surface area contributed by atoms with Crippen molar-refractivity contribution in [1.82, 2.24) is 24.3 Å². The minimum atomic E-state index is 0.743. The smallest absolute Gasteiger partial charge is 0.113 e. The molecule has 4 aliphatic heterocycles. The summed E-state index contributed by atoms with van der Waals surface area (Å²) >= 11 is 0. The number of aromatic nitrogens is 5. The second-order valence-corrected chi connectivity index (χ2v) is 8.43. The van der Waals surface area contributed by atoms with Gasteiger partial charge < -0.3 is 9.13 Å². The molecule has 0 aromatic carbocycles. The topological polar surface area (TPSA) is 48.5 Å². The van der Waals surface area contributed by atoms with Crippen molar-refractivity contribution < 1.29 is 0 Å². The molecule has 0 N–H and O–H groups in total. The Morgan fingerprint density at radius 1 is 0.639 bits per heavy atom. The van der Waals surface area contributed by atoms with Gasteiger partial charge in [-0.3, -0.25) is 4.98 Å². The van der Waals surface area contributed by atoms with E-state index in [1.807, 2.05) is 48.8 Å². The average molecular weight is 466 g/mol. The van der Waals surface area contributed by atoms with Crippen molar-refractivity contribution in [2.75, 3.05) is 0 Å². The third kappa shape index (κ3) is 3.73. The van der Waals surface area contributed by atoms with Crippen LogP contribution >= 0.6 is 0 Å². The molecule has 36 heavy (non-hydrogen) atoms. The molecule has 0 saturated heterocycles. The summed E-state index contributed by atoms with van der Waals surface area (Å²) in [7, 11) is 0. The van der Waals surface area contributed by atoms with Gasteiger partial charge in [0.1, 0.15) is 5.69 Å². The van der Waals surface area contributed by atoms with E-state index in [4.69, 9.17) is 0 Å². The Kier molecular flexibility index (Phi) is 5.35. The van der Waals surface area contributed by atoms with Gasteiger partial charge >= 0.3 is 0 Å². The van der Waals surface area contributed by atoms with Crippen LogP contribution in [-0.4, -0.2) is 24.3 Å². The van der Waals surface area contributed by atoms with E-state index in [1.165, 1.54) is 11.1 Å². The quantitative estimate of drug-likeness (QED) is 0.259. The molecule has 0 aromatic rings. The summed E-state index contributed by atoms with van der Waals surface area (Å²) in [6.45, 7) is 7.91. The maximum absolute atomic E-state index is 4.63. The van der Waals surface area contributed by atoms with Gasteiger partial charge in [-0.05, 0) is 71.8 Å². The molecule has 0 amide bonds. The molecule has 0 spiro atoms. The fraction of sp³-hybridized carbons (Fsp3) is 0. The molecular weight excluding hydrogens is 442 g/mol. The molecule has 5 heteroatoms. The largest absolute Gasteiger partial charge is 0.317 e. The highest BCUT2D eigenvalue weighted by Crippen LogP contribution is 2.28. The summed E-state index contributed by atoms with van der Waals surface area (Å²) in [5.41, 5.74) is 9.89. The molecule has 0 saturated carbocycles. The maximum atomic E-state index is 4.63. The molecule has 6 rings (SSSR count). The summed E-state index contributed by atoms with van der Waals surface area (Å²) in [5, 5.41) is 8.74. The average Bonchev–Trinajstić information content (AvgIpc) is 3.64. The minimum Gasteiger partial charge on any atom is -0.317 e. The van der Waals surface area contributed by atoms with E-state index in [2.05, 4.69) is 98.1 Å². The lowest BCUT2D eigenvalue weighted by atomic mass is 10.1. The zero-order valence-corrected chi connectivity index (χ0v) is 19.6. The van der Waals surface area contributed by atoms with Crippen molar-refractivity contribution in [3.63, 3.8) is 0 Å². The first kappa shape index (κ1) is 21.5. The Morgan fingerprint density at radius 2 is 1.28 bits per heavy atom. The fourth-order valence-corrected chi connectivity index (χ4v) is 4.50. The van der Waals surface area contributed by atoms with Crippen molar-refractivity contribution in [3.05, 3.63) is 115 Å². The normalized spacial score (nSPS) is 11.9. The number of fused-ring (bicyclic) bond motifs is 3. The van der Waals surface area contributed by atoms with Crippen molar-refractivity contribution in [1.29, 1.82) is 0 Å². The highest BCUT2D eigenvalue weighted by atomic mass is 15.1. The van der Waals surface area contributed by atoms with Gasteiger partial charge in [-0.25, -0.2) is 0 Å². The Bertz CT molecular complexity index is 1680. The van der Waals surface area contributed by atoms with Crippen LogP contribution in [0.15, 0.2) is 92.2 Å². The standard InChI is InChI=1S/C31H23N5/c1-3-25-14-11-22-7-5-9-30(22)35(25)19-17-24-13-16-27-28(33-34-29(27)21-32-24)18-20-36-26(4-2)15-12-23-8-6-10-31(23)36/h3-21H,1-2H2/b19-17+,20-18+. The molecule has 5 nitrogen and oxygen atoms in total. The van der Waals surface area contributed by atoms with Gasteiger partial charge in [0.15, 0.2) is 0 Å². The zero-order chi connectivity index (χ0) is 24.5. The molecule has 0 bridgehead atoms. The summed E-state index contributed by atoms with van der Waals surface area (Å²) in [6.07, 6.45) is 13.5. The maximum Gasteiger partial charge on any atom is 0.113 e. The van der Waals surface area contributed by atoms with Gasteiger partial charge in [0.25, 0.3) is 0 Å². The van der Waals surface area contributed by atoms with E-state index in [0.717, 1.165) is 45.4 Å². The van der Waals surface area contributed by atoms with Crippen LogP contribution in [-0.2, 0) is 0 Å². The van der Waals surface area contributed by atoms with Crippen LogP contribution in [0, 0.1) is 0 Å². The fourth-order valence-electron chi connectivity index (χ4n) is 4.50. The van der Waals surface area contributed by atoms with Gasteiger partial charge in [0.05, 0.1) is 29.0 Å². The van der Waals surface area contributed by atoms with Gasteiger partial charge in [-0.2, -0.15) is 0 Å². The third-order valence-electron chi connectivity index (χ3n) is 6.36. The van der Waals surface area contributed by atoms with Gasteiger partial charge in [0, 0.05) is 29.4 Å². The summed E-state index contributed by atoms with van der Waals surface area (Å²) in [5.74, 6) is 0. The van der Waals surface area contributed by atoms with Gasteiger partial charge in [-0.1, -0.05) is 49.6 Å². The third-order valence-corrected chi connectivity index (χ3v) is 6.36. The van der Waals surface area contributed by atoms with Crippen molar-refractivity contribution in [3.8, 4) is 33.8 Å². The zero-order valence-electron chi connectivity index (χ0n) is 19.6. The predicted octanol–water partition coefficient (Wildman–Crippen LogP) is 7.33. The molecule has 0 fully saturated rings. The Morgan fingerprint density at radius 3 is 1.92 bits per heavy atom. The minimum absolute atomic E-state index is 0.743. The highest BCUT2D eigenvalue weighted by molar-refractivity contribution is 5.78. The lowest BCUT2D eigenvalue weighted by Crippen LogP contribution is -1.98. The highest BCUT2D eigenvalue weighted by Gasteiger charge is 2.12. The van der Waals surface area contributed by atoms with E-state index in [9.17, 15) is 0 Å². The number of hydrogen-bond acceptors (Lipinski definition) is 3. The predicted molar refractivity (Wildman–Crippen MR) is 149 cm³/mol. The van der Waals surface area contributed by atoms with Crippen LogP contribution in [0.2, 0.25) is 0 Å². The first-order valence-electron chi connectivity index (χ1n) is 11.7. The molecule has 6 aliphatic rings. The molecule has 0 unspecified atom stereocenters. The summed E-state index contributed by atoms with van der Waals surface area (Å²) < 4.78 is 4.22. The number of nitrogens with zero attached hydrogens (tertiary/aromatic N) is 5. The molecule has 172 valence electrons. The van der Waals surface area contributed by atoms with Crippen LogP contribution in [0.5, 0.6) is 0 Å². The molecule has 0 aromatic heterocycles. The van der Waals surface area contributed by atoms with E-state index in [0.29, 0.717) is 0 Å². The van der Waals surface area contributed by atoms with Crippen LogP contribution in [0.4, 0.5) is 0 Å². The van der Waals surface area contributed by atoms with E-state index < -0.39 is 0 Å². The van der Waals surface area contributed by atoms with Crippen molar-refractivity contribution >= 4 is 36.7 Å². The van der Waals surface area contributed by atoms with Gasteiger partial charge in [-0.15, -0.1) is 10.2 Å². The van der Waals surface area contributed by atoms with Crippen LogP contribution in [0.1, 0.15) is 22.8 Å². The molecule has 4 heterocycles. The van der Waals surface area contributed by atoms with Crippen LogP contribution in [0.25, 0.3) is 70.5 Å². The molecule has 0 radical (unpaired) electrons. The van der Waals surface area contributed by atoms with E-state index >= 15 is 0 Å². The lowest BCUT2D eigenvalue weighted by molar-refractivity contribution is 1.08. The summed E-state index contributed by atoms with van der Waals surface area (Å²) in [4.78, 5) is 4.63. The second-order valence-electron chi connectivity index (χ2n) is 8.43. The molecule has 0 atom stereocenters. The van der Waals surface area contributed by atoms with Crippen LogP contribution < -0.4 is 0 Å². The first-order valence-corrected chi connectivity index (χ1v) is 11.7. The Hall–Kier alpha value is -5.03. The van der Waals surface area contributed by atoms with Gasteiger partial charge in [0.2, 0.25) is 0 Å². The number of rotatable bonds is 6. The Balaban J connectivity index is 1.34.